The molecule has 0 aromatic heterocycles. The lowest BCUT2D eigenvalue weighted by atomic mass is 9.89. The second-order valence-electron chi connectivity index (χ2n) is 6.76. The van der Waals surface area contributed by atoms with Crippen molar-refractivity contribution in [2.24, 2.45) is 11.7 Å². The molecule has 1 aliphatic heterocycles. The monoisotopic (exact) mass is 376 g/mol. The van der Waals surface area contributed by atoms with Crippen molar-refractivity contribution in [3.63, 3.8) is 0 Å². The van der Waals surface area contributed by atoms with Gasteiger partial charge in [0.2, 0.25) is 0 Å². The highest BCUT2D eigenvalue weighted by Crippen LogP contribution is 2.37. The third-order valence-electron chi connectivity index (χ3n) is 5.01. The molecule has 146 valence electrons. The Labute approximate surface area is 158 Å². The van der Waals surface area contributed by atoms with Gasteiger partial charge in [-0.25, -0.2) is 0 Å². The first kappa shape index (κ1) is 19.6. The lowest BCUT2D eigenvalue weighted by Gasteiger charge is -2.20. The number of hydrogen-bond donors (Lipinski definition) is 1. The van der Waals surface area contributed by atoms with E-state index in [1.165, 1.54) is 5.56 Å². The molecule has 4 nitrogen and oxygen atoms in total. The van der Waals surface area contributed by atoms with Gasteiger partial charge >= 0.3 is 6.61 Å². The van der Waals surface area contributed by atoms with Gasteiger partial charge in [0.15, 0.2) is 11.5 Å². The normalized spacial score (nSPS) is 20.2. The number of rotatable bonds is 8. The molecule has 1 fully saturated rings. The summed E-state index contributed by atoms with van der Waals surface area (Å²) in [5.74, 6) is 1.15. The number of nitrogens with zero attached hydrogens (tertiary/aromatic N) is 1. The van der Waals surface area contributed by atoms with Crippen LogP contribution in [0.1, 0.15) is 24.0 Å². The molecule has 1 saturated heterocycles. The van der Waals surface area contributed by atoms with Gasteiger partial charge in [-0.3, -0.25) is 4.90 Å². The molecule has 0 radical (unpaired) electrons. The smallest absolute Gasteiger partial charge is 0.387 e. The van der Waals surface area contributed by atoms with Crippen LogP contribution in [-0.2, 0) is 6.54 Å². The van der Waals surface area contributed by atoms with Crippen molar-refractivity contribution in [2.45, 2.75) is 26.0 Å². The number of halogens is 2. The predicted molar refractivity (Wildman–Crippen MR) is 101 cm³/mol. The van der Waals surface area contributed by atoms with Gasteiger partial charge in [0.05, 0.1) is 6.61 Å². The van der Waals surface area contributed by atoms with Crippen molar-refractivity contribution >= 4 is 0 Å². The summed E-state index contributed by atoms with van der Waals surface area (Å²) in [6, 6.07) is 15.6. The predicted octanol–water partition coefficient (Wildman–Crippen LogP) is 3.86. The van der Waals surface area contributed by atoms with Crippen molar-refractivity contribution in [2.75, 3.05) is 26.2 Å². The Bertz CT molecular complexity index is 727. The number of alkyl halides is 2. The Morgan fingerprint density at radius 1 is 1.11 bits per heavy atom. The molecule has 3 rings (SSSR count). The molecule has 0 aliphatic carbocycles. The fourth-order valence-electron chi connectivity index (χ4n) is 3.83. The zero-order valence-corrected chi connectivity index (χ0v) is 15.5. The summed E-state index contributed by atoms with van der Waals surface area (Å²) < 4.78 is 36.1. The summed E-state index contributed by atoms with van der Waals surface area (Å²) in [5.41, 5.74) is 7.97. The van der Waals surface area contributed by atoms with Crippen LogP contribution in [0.4, 0.5) is 8.78 Å². The highest BCUT2D eigenvalue weighted by Gasteiger charge is 2.33. The van der Waals surface area contributed by atoms with Crippen LogP contribution in [0.5, 0.6) is 11.5 Å². The molecular formula is C21H26F2N2O2. The van der Waals surface area contributed by atoms with Gasteiger partial charge in [0.25, 0.3) is 0 Å². The molecule has 2 N–H and O–H groups in total. The summed E-state index contributed by atoms with van der Waals surface area (Å²) in [5, 5.41) is 0. The minimum Gasteiger partial charge on any atom is -0.490 e. The zero-order chi connectivity index (χ0) is 19.2. The van der Waals surface area contributed by atoms with Gasteiger partial charge < -0.3 is 15.2 Å². The molecule has 0 saturated carbocycles. The number of benzene rings is 2. The third kappa shape index (κ3) is 4.76. The third-order valence-corrected chi connectivity index (χ3v) is 5.01. The molecule has 2 aromatic carbocycles. The van der Waals surface area contributed by atoms with E-state index >= 15 is 0 Å². The topological polar surface area (TPSA) is 47.7 Å². The molecule has 27 heavy (non-hydrogen) atoms. The highest BCUT2D eigenvalue weighted by molar-refractivity contribution is 5.46. The first-order valence-electron chi connectivity index (χ1n) is 9.29. The Morgan fingerprint density at radius 3 is 2.56 bits per heavy atom. The minimum absolute atomic E-state index is 0.127. The molecule has 0 bridgehead atoms. The van der Waals surface area contributed by atoms with E-state index < -0.39 is 6.61 Å². The minimum atomic E-state index is -2.89. The van der Waals surface area contributed by atoms with E-state index in [4.69, 9.17) is 15.2 Å². The molecular weight excluding hydrogens is 350 g/mol. The molecule has 1 heterocycles. The zero-order valence-electron chi connectivity index (χ0n) is 15.5. The maximum absolute atomic E-state index is 12.9. The molecule has 0 unspecified atom stereocenters. The van der Waals surface area contributed by atoms with Gasteiger partial charge in [0.1, 0.15) is 0 Å². The number of ether oxygens (including phenoxy) is 2. The summed E-state index contributed by atoms with van der Waals surface area (Å²) >= 11 is 0. The second-order valence-corrected chi connectivity index (χ2v) is 6.76. The fraction of sp³-hybridized carbons (Fsp3) is 0.429. The molecule has 6 heteroatoms. The molecule has 0 amide bonds. The van der Waals surface area contributed by atoms with Crippen LogP contribution in [0.3, 0.4) is 0 Å². The van der Waals surface area contributed by atoms with E-state index in [1.54, 1.807) is 6.07 Å². The Hall–Kier alpha value is -2.18. The Balaban J connectivity index is 1.80. The van der Waals surface area contributed by atoms with E-state index in [9.17, 15) is 8.78 Å². The SMILES string of the molecule is CCOc1cccc(CN2C[C@@H](CN)[C@H](c3ccccc3)C2)c1OC(F)F. The average Bonchev–Trinajstić information content (AvgIpc) is 3.08. The number of likely N-dealkylation sites (tertiary alicyclic amines) is 1. The molecule has 2 atom stereocenters. The van der Waals surface area contributed by atoms with Gasteiger partial charge in [-0.05, 0) is 31.0 Å². The molecule has 1 aliphatic rings. The van der Waals surface area contributed by atoms with Crippen molar-refractivity contribution in [3.05, 3.63) is 59.7 Å². The van der Waals surface area contributed by atoms with Crippen LogP contribution in [-0.4, -0.2) is 37.8 Å². The van der Waals surface area contributed by atoms with Crippen LogP contribution in [0, 0.1) is 5.92 Å². The highest BCUT2D eigenvalue weighted by atomic mass is 19.3. The van der Waals surface area contributed by atoms with Crippen LogP contribution in [0.25, 0.3) is 0 Å². The van der Waals surface area contributed by atoms with Crippen molar-refractivity contribution in [3.8, 4) is 11.5 Å². The standard InChI is InChI=1S/C21H26F2N2O2/c1-2-26-19-10-6-9-16(20(19)27-21(22)23)12-25-13-17(11-24)18(14-25)15-7-4-3-5-8-15/h3-10,17-18,21H,2,11-14,24H2,1H3/t17-,18+/m1/s1. The summed E-state index contributed by atoms with van der Waals surface area (Å²) in [7, 11) is 0. The van der Waals surface area contributed by atoms with Gasteiger partial charge in [0, 0.05) is 31.1 Å². The van der Waals surface area contributed by atoms with Crippen LogP contribution in [0.15, 0.2) is 48.5 Å². The Morgan fingerprint density at radius 2 is 1.89 bits per heavy atom. The lowest BCUT2D eigenvalue weighted by molar-refractivity contribution is -0.0523. The second kappa shape index (κ2) is 9.15. The van der Waals surface area contributed by atoms with Gasteiger partial charge in [-0.1, -0.05) is 42.5 Å². The summed E-state index contributed by atoms with van der Waals surface area (Å²) in [4.78, 5) is 2.25. The van der Waals surface area contributed by atoms with Crippen LogP contribution < -0.4 is 15.2 Å². The maximum Gasteiger partial charge on any atom is 0.387 e. The van der Waals surface area contributed by atoms with E-state index in [1.807, 2.05) is 37.3 Å². The van der Waals surface area contributed by atoms with E-state index in [-0.39, 0.29) is 5.75 Å². The number of para-hydroxylation sites is 1. The van der Waals surface area contributed by atoms with E-state index in [0.29, 0.717) is 42.8 Å². The molecule has 2 aromatic rings. The fourth-order valence-corrected chi connectivity index (χ4v) is 3.83. The average molecular weight is 376 g/mol. The first-order valence-corrected chi connectivity index (χ1v) is 9.29. The summed E-state index contributed by atoms with van der Waals surface area (Å²) in [6.07, 6.45) is 0. The van der Waals surface area contributed by atoms with Crippen molar-refractivity contribution in [1.29, 1.82) is 0 Å². The first-order chi connectivity index (χ1) is 13.1. The number of hydrogen-bond acceptors (Lipinski definition) is 4. The van der Waals surface area contributed by atoms with Gasteiger partial charge in [-0.15, -0.1) is 0 Å². The number of nitrogens with two attached hydrogens (primary N) is 1. The Kier molecular flexibility index (Phi) is 6.63. The molecule has 0 spiro atoms. The van der Waals surface area contributed by atoms with E-state index in [0.717, 1.165) is 13.1 Å². The summed E-state index contributed by atoms with van der Waals surface area (Å²) in [6.45, 7) is 2.08. The van der Waals surface area contributed by atoms with Crippen LogP contribution >= 0.6 is 0 Å². The lowest BCUT2D eigenvalue weighted by Crippen LogP contribution is -2.23. The van der Waals surface area contributed by atoms with Crippen molar-refractivity contribution < 1.29 is 18.3 Å². The van der Waals surface area contributed by atoms with Crippen LogP contribution in [0.2, 0.25) is 0 Å². The largest absolute Gasteiger partial charge is 0.490 e. The quantitative estimate of drug-likeness (QED) is 0.760. The maximum atomic E-state index is 12.9. The van der Waals surface area contributed by atoms with Gasteiger partial charge in [-0.2, -0.15) is 8.78 Å². The van der Waals surface area contributed by atoms with Crippen molar-refractivity contribution in [1.82, 2.24) is 4.90 Å². The van der Waals surface area contributed by atoms with E-state index in [2.05, 4.69) is 17.0 Å².